The molecule has 0 saturated carbocycles. The number of thiophene rings is 1. The number of H-pyrrole nitrogens is 1. The smallest absolute Gasteiger partial charge is 0.310 e. The molecule has 4 rings (SSSR count). The average molecular weight is 422 g/mol. The van der Waals surface area contributed by atoms with E-state index in [1.165, 1.54) is 17.4 Å². The molecular formula is C19H11ClF3N3OS. The second-order valence-corrected chi connectivity index (χ2v) is 7.30. The van der Waals surface area contributed by atoms with Gasteiger partial charge in [-0.05, 0) is 18.2 Å². The van der Waals surface area contributed by atoms with Gasteiger partial charge in [-0.2, -0.15) is 13.2 Å². The van der Waals surface area contributed by atoms with Crippen molar-refractivity contribution < 1.29 is 13.2 Å². The van der Waals surface area contributed by atoms with E-state index in [0.717, 1.165) is 17.8 Å². The Morgan fingerprint density at radius 2 is 1.89 bits per heavy atom. The number of aromatic amines is 1. The molecule has 0 saturated heterocycles. The first kappa shape index (κ1) is 18.6. The van der Waals surface area contributed by atoms with Crippen LogP contribution in [-0.2, 0) is 12.6 Å². The molecule has 142 valence electrons. The number of hydrogen-bond donors (Lipinski definition) is 1. The number of halogens is 4. The van der Waals surface area contributed by atoms with Gasteiger partial charge in [0.25, 0.3) is 5.56 Å². The maximum absolute atomic E-state index is 12.6. The summed E-state index contributed by atoms with van der Waals surface area (Å²) in [7, 11) is 0. The molecule has 0 atom stereocenters. The molecular weight excluding hydrogens is 411 g/mol. The predicted octanol–water partition coefficient (Wildman–Crippen LogP) is 5.31. The van der Waals surface area contributed by atoms with Crippen molar-refractivity contribution in [2.75, 3.05) is 0 Å². The number of hydrogen-bond acceptors (Lipinski definition) is 4. The Bertz CT molecular complexity index is 1220. The van der Waals surface area contributed by atoms with E-state index in [4.69, 9.17) is 11.6 Å². The van der Waals surface area contributed by atoms with Crippen LogP contribution in [0.15, 0.2) is 52.8 Å². The van der Waals surface area contributed by atoms with Gasteiger partial charge in [-0.25, -0.2) is 4.98 Å². The number of nitrogens with one attached hydrogen (secondary N) is 1. The van der Waals surface area contributed by atoms with Gasteiger partial charge >= 0.3 is 6.18 Å². The number of nitrogens with zero attached hydrogens (tertiary/aromatic N) is 2. The lowest BCUT2D eigenvalue weighted by Gasteiger charge is -2.07. The zero-order valence-electron chi connectivity index (χ0n) is 14.0. The van der Waals surface area contributed by atoms with Crippen LogP contribution in [0.1, 0.15) is 17.1 Å². The first-order valence-electron chi connectivity index (χ1n) is 8.10. The molecule has 0 spiro atoms. The zero-order chi connectivity index (χ0) is 19.9. The van der Waals surface area contributed by atoms with Gasteiger partial charge in [-0.3, -0.25) is 9.78 Å². The largest absolute Gasteiger partial charge is 0.417 e. The summed E-state index contributed by atoms with van der Waals surface area (Å²) in [5.74, 6) is 0.331. The van der Waals surface area contributed by atoms with E-state index in [1.807, 2.05) is 17.5 Å². The highest BCUT2D eigenvalue weighted by molar-refractivity contribution is 7.17. The first-order valence-corrected chi connectivity index (χ1v) is 9.36. The standard InChI is InChI=1S/C19H11ClF3N3OS/c20-14-4-2-1-3-12(14)13-9-28-18-16(13)17(27)25-15(26-18)7-11-6-5-10(8-24-11)19(21,22)23/h1-6,8-9H,7H2,(H,25,26,27). The fourth-order valence-electron chi connectivity index (χ4n) is 2.82. The molecule has 0 aliphatic heterocycles. The highest BCUT2D eigenvalue weighted by atomic mass is 35.5. The number of fused-ring (bicyclic) bond motifs is 1. The van der Waals surface area contributed by atoms with Crippen molar-refractivity contribution in [3.63, 3.8) is 0 Å². The summed E-state index contributed by atoms with van der Waals surface area (Å²) in [5, 5.41) is 2.77. The van der Waals surface area contributed by atoms with E-state index >= 15 is 0 Å². The predicted molar refractivity (Wildman–Crippen MR) is 103 cm³/mol. The third-order valence-corrected chi connectivity index (χ3v) is 5.36. The fourth-order valence-corrected chi connectivity index (χ4v) is 4.02. The summed E-state index contributed by atoms with van der Waals surface area (Å²) < 4.78 is 37.9. The minimum absolute atomic E-state index is 0.114. The average Bonchev–Trinajstić information content (AvgIpc) is 3.06. The van der Waals surface area contributed by atoms with Crippen LogP contribution in [0.3, 0.4) is 0 Å². The Morgan fingerprint density at radius 1 is 1.11 bits per heavy atom. The van der Waals surface area contributed by atoms with Crippen molar-refractivity contribution in [3.8, 4) is 11.1 Å². The summed E-state index contributed by atoms with van der Waals surface area (Å²) in [6.07, 6.45) is -3.56. The van der Waals surface area contributed by atoms with Gasteiger partial charge in [0.05, 0.1) is 10.9 Å². The van der Waals surface area contributed by atoms with Crippen LogP contribution in [0.25, 0.3) is 21.3 Å². The van der Waals surface area contributed by atoms with Crippen molar-refractivity contribution in [2.24, 2.45) is 0 Å². The Hall–Kier alpha value is -2.71. The monoisotopic (exact) mass is 421 g/mol. The number of aromatic nitrogens is 3. The number of benzene rings is 1. The minimum Gasteiger partial charge on any atom is -0.310 e. The van der Waals surface area contributed by atoms with Gasteiger partial charge in [0.15, 0.2) is 0 Å². The highest BCUT2D eigenvalue weighted by Gasteiger charge is 2.30. The molecule has 0 aliphatic carbocycles. The Labute approximate surface area is 165 Å². The van der Waals surface area contributed by atoms with E-state index in [2.05, 4.69) is 15.0 Å². The lowest BCUT2D eigenvalue weighted by Crippen LogP contribution is -2.12. The SMILES string of the molecule is O=c1[nH]c(Cc2ccc(C(F)(F)F)cn2)nc2scc(-c3ccccc3Cl)c12. The topological polar surface area (TPSA) is 58.6 Å². The molecule has 0 amide bonds. The van der Waals surface area contributed by atoms with Gasteiger partial charge in [0.1, 0.15) is 10.7 Å². The summed E-state index contributed by atoms with van der Waals surface area (Å²) in [6.45, 7) is 0. The van der Waals surface area contributed by atoms with E-state index in [9.17, 15) is 18.0 Å². The van der Waals surface area contributed by atoms with Crippen molar-refractivity contribution in [1.82, 2.24) is 15.0 Å². The second kappa shape index (κ2) is 7.03. The van der Waals surface area contributed by atoms with Crippen LogP contribution >= 0.6 is 22.9 Å². The molecule has 0 fully saturated rings. The quantitative estimate of drug-likeness (QED) is 0.487. The Kier molecular flexibility index (Phi) is 4.68. The van der Waals surface area contributed by atoms with Crippen LogP contribution in [0.4, 0.5) is 13.2 Å². The van der Waals surface area contributed by atoms with E-state index in [0.29, 0.717) is 32.3 Å². The lowest BCUT2D eigenvalue weighted by atomic mass is 10.1. The lowest BCUT2D eigenvalue weighted by molar-refractivity contribution is -0.137. The molecule has 3 heterocycles. The maximum atomic E-state index is 12.6. The van der Waals surface area contributed by atoms with Crippen LogP contribution in [-0.4, -0.2) is 15.0 Å². The van der Waals surface area contributed by atoms with Crippen molar-refractivity contribution in [1.29, 1.82) is 0 Å². The molecule has 28 heavy (non-hydrogen) atoms. The molecule has 3 aromatic heterocycles. The highest BCUT2D eigenvalue weighted by Crippen LogP contribution is 2.35. The molecule has 0 unspecified atom stereocenters. The van der Waals surface area contributed by atoms with E-state index in [-0.39, 0.29) is 12.0 Å². The number of rotatable bonds is 3. The van der Waals surface area contributed by atoms with Crippen LogP contribution in [0, 0.1) is 0 Å². The Morgan fingerprint density at radius 3 is 2.57 bits per heavy atom. The molecule has 1 N–H and O–H groups in total. The molecule has 0 radical (unpaired) electrons. The fraction of sp³-hybridized carbons (Fsp3) is 0.105. The normalized spacial score (nSPS) is 11.9. The van der Waals surface area contributed by atoms with Gasteiger partial charge in [-0.1, -0.05) is 29.8 Å². The molecule has 1 aromatic carbocycles. The van der Waals surface area contributed by atoms with Gasteiger partial charge < -0.3 is 4.98 Å². The summed E-state index contributed by atoms with van der Waals surface area (Å²) >= 11 is 7.54. The third kappa shape index (κ3) is 3.53. The van der Waals surface area contributed by atoms with E-state index in [1.54, 1.807) is 12.1 Å². The molecule has 0 aliphatic rings. The molecule has 9 heteroatoms. The zero-order valence-corrected chi connectivity index (χ0v) is 15.6. The summed E-state index contributed by atoms with van der Waals surface area (Å²) in [5.41, 5.74) is 0.649. The Balaban J connectivity index is 1.69. The van der Waals surface area contributed by atoms with Crippen molar-refractivity contribution in [2.45, 2.75) is 12.6 Å². The van der Waals surface area contributed by atoms with Crippen molar-refractivity contribution in [3.05, 3.63) is 80.4 Å². The van der Waals surface area contributed by atoms with E-state index < -0.39 is 11.7 Å². The summed E-state index contributed by atoms with van der Waals surface area (Å²) in [6, 6.07) is 9.43. The van der Waals surface area contributed by atoms with Crippen LogP contribution in [0.5, 0.6) is 0 Å². The maximum Gasteiger partial charge on any atom is 0.417 e. The van der Waals surface area contributed by atoms with Crippen LogP contribution < -0.4 is 5.56 Å². The molecule has 4 nitrogen and oxygen atoms in total. The minimum atomic E-state index is -4.44. The van der Waals surface area contributed by atoms with Gasteiger partial charge in [-0.15, -0.1) is 11.3 Å². The number of alkyl halides is 3. The molecule has 0 bridgehead atoms. The van der Waals surface area contributed by atoms with Crippen molar-refractivity contribution >= 4 is 33.2 Å². The van der Waals surface area contributed by atoms with Gasteiger partial charge in [0, 0.05) is 39.8 Å². The summed E-state index contributed by atoms with van der Waals surface area (Å²) in [4.78, 5) is 24.1. The molecule has 4 aromatic rings. The number of pyridine rings is 1. The second-order valence-electron chi connectivity index (χ2n) is 6.03. The van der Waals surface area contributed by atoms with Crippen LogP contribution in [0.2, 0.25) is 5.02 Å². The van der Waals surface area contributed by atoms with Gasteiger partial charge in [0.2, 0.25) is 0 Å². The third-order valence-electron chi connectivity index (χ3n) is 4.16. The first-order chi connectivity index (χ1) is 13.3.